The second kappa shape index (κ2) is 6.20. The number of hydrogen-bond acceptors (Lipinski definition) is 5. The molecule has 1 aliphatic heterocycles. The maximum Gasteiger partial charge on any atom is 0.263 e. The average Bonchev–Trinajstić information content (AvgIpc) is 3.35. The van der Waals surface area contributed by atoms with Gasteiger partial charge < -0.3 is 10.6 Å². The molecular formula is C20H16F2N6O. The zero-order valence-electron chi connectivity index (χ0n) is 15.4. The highest BCUT2D eigenvalue weighted by Gasteiger charge is 2.45. The van der Waals surface area contributed by atoms with Gasteiger partial charge in [-0.25, -0.2) is 18.7 Å². The van der Waals surface area contributed by atoms with Gasteiger partial charge in [-0.05, 0) is 37.1 Å². The SMILES string of the molecule is Cn1ccc(-c2nc(N)nc3c2C(=O)N(C2CC2)/C3=C/c2ccc(F)cc2F)n1. The molecule has 1 fully saturated rings. The molecule has 0 bridgehead atoms. The molecule has 29 heavy (non-hydrogen) atoms. The lowest BCUT2D eigenvalue weighted by Crippen LogP contribution is -2.25. The van der Waals surface area contributed by atoms with E-state index in [0.29, 0.717) is 28.3 Å². The van der Waals surface area contributed by atoms with Crippen LogP contribution >= 0.6 is 0 Å². The van der Waals surface area contributed by atoms with Gasteiger partial charge >= 0.3 is 0 Å². The Balaban J connectivity index is 1.74. The van der Waals surface area contributed by atoms with Crippen LogP contribution in [0.2, 0.25) is 0 Å². The predicted octanol–water partition coefficient (Wildman–Crippen LogP) is 2.85. The number of rotatable bonds is 3. The summed E-state index contributed by atoms with van der Waals surface area (Å²) in [4.78, 5) is 23.5. The number of amides is 1. The Labute approximate surface area is 164 Å². The number of carbonyl (C=O) groups excluding carboxylic acids is 1. The van der Waals surface area contributed by atoms with Gasteiger partial charge in [0, 0.05) is 30.9 Å². The number of carbonyl (C=O) groups is 1. The van der Waals surface area contributed by atoms with E-state index >= 15 is 0 Å². The Bertz CT molecular complexity index is 1200. The number of halogens is 2. The summed E-state index contributed by atoms with van der Waals surface area (Å²) in [5.41, 5.74) is 7.98. The van der Waals surface area contributed by atoms with Crippen LogP contribution in [-0.4, -0.2) is 36.6 Å². The van der Waals surface area contributed by atoms with E-state index in [9.17, 15) is 13.6 Å². The Morgan fingerprint density at radius 3 is 2.59 bits per heavy atom. The zero-order valence-corrected chi connectivity index (χ0v) is 15.4. The Morgan fingerprint density at radius 1 is 1.17 bits per heavy atom. The largest absolute Gasteiger partial charge is 0.368 e. The van der Waals surface area contributed by atoms with Crippen molar-refractivity contribution in [3.05, 3.63) is 58.9 Å². The second-order valence-corrected chi connectivity index (χ2v) is 7.13. The summed E-state index contributed by atoms with van der Waals surface area (Å²) in [7, 11) is 1.76. The van der Waals surface area contributed by atoms with Crippen molar-refractivity contribution >= 4 is 23.6 Å². The lowest BCUT2D eigenvalue weighted by molar-refractivity contribution is 0.0844. The summed E-state index contributed by atoms with van der Waals surface area (Å²) >= 11 is 0. The number of aromatic nitrogens is 4. The van der Waals surface area contributed by atoms with Crippen molar-refractivity contribution < 1.29 is 13.6 Å². The summed E-state index contributed by atoms with van der Waals surface area (Å²) in [6.45, 7) is 0. The van der Waals surface area contributed by atoms with Gasteiger partial charge in [0.1, 0.15) is 28.7 Å². The minimum Gasteiger partial charge on any atom is -0.368 e. The molecule has 0 unspecified atom stereocenters. The first kappa shape index (κ1) is 17.5. The Kier molecular flexibility index (Phi) is 3.73. The number of benzene rings is 1. The Morgan fingerprint density at radius 2 is 1.93 bits per heavy atom. The number of aryl methyl sites for hydroxylation is 1. The highest BCUT2D eigenvalue weighted by Crippen LogP contribution is 2.44. The quantitative estimate of drug-likeness (QED) is 0.738. The van der Waals surface area contributed by atoms with E-state index in [-0.39, 0.29) is 23.5 Å². The maximum absolute atomic E-state index is 14.3. The van der Waals surface area contributed by atoms with E-state index in [1.165, 1.54) is 18.2 Å². The number of nitrogens with zero attached hydrogens (tertiary/aromatic N) is 5. The van der Waals surface area contributed by atoms with Gasteiger partial charge in [0.15, 0.2) is 0 Å². The fourth-order valence-electron chi connectivity index (χ4n) is 3.54. The number of nitrogen functional groups attached to an aromatic ring is 1. The highest BCUT2D eigenvalue weighted by atomic mass is 19.1. The minimum atomic E-state index is -0.721. The van der Waals surface area contributed by atoms with Crippen LogP contribution in [0.25, 0.3) is 23.2 Å². The summed E-state index contributed by atoms with van der Waals surface area (Å²) in [5.74, 6) is -1.67. The molecule has 2 aliphatic rings. The van der Waals surface area contributed by atoms with Gasteiger partial charge in [-0.2, -0.15) is 5.10 Å². The van der Waals surface area contributed by atoms with E-state index in [0.717, 1.165) is 18.9 Å². The van der Waals surface area contributed by atoms with Gasteiger partial charge in [-0.3, -0.25) is 9.48 Å². The molecule has 1 saturated carbocycles. The van der Waals surface area contributed by atoms with Crippen LogP contribution in [0.15, 0.2) is 30.5 Å². The molecule has 0 atom stereocenters. The van der Waals surface area contributed by atoms with Crippen LogP contribution in [0.5, 0.6) is 0 Å². The number of hydrogen-bond donors (Lipinski definition) is 1. The van der Waals surface area contributed by atoms with Crippen LogP contribution in [0.3, 0.4) is 0 Å². The van der Waals surface area contributed by atoms with Crippen molar-refractivity contribution in [1.29, 1.82) is 0 Å². The smallest absolute Gasteiger partial charge is 0.263 e. The Hall–Kier alpha value is -3.62. The minimum absolute atomic E-state index is 0.00395. The number of fused-ring (bicyclic) bond motifs is 1. The van der Waals surface area contributed by atoms with Gasteiger partial charge in [0.25, 0.3) is 5.91 Å². The third-order valence-electron chi connectivity index (χ3n) is 4.98. The van der Waals surface area contributed by atoms with E-state index in [1.807, 2.05) is 0 Å². The first-order valence-electron chi connectivity index (χ1n) is 9.10. The average molecular weight is 394 g/mol. The molecule has 9 heteroatoms. The van der Waals surface area contributed by atoms with Crippen LogP contribution in [-0.2, 0) is 7.05 Å². The van der Waals surface area contributed by atoms with Gasteiger partial charge in [0.05, 0.1) is 11.3 Å². The normalized spacial score (nSPS) is 17.3. The summed E-state index contributed by atoms with van der Waals surface area (Å²) in [6, 6.07) is 5.04. The molecule has 1 amide bonds. The van der Waals surface area contributed by atoms with Crippen molar-refractivity contribution in [2.45, 2.75) is 18.9 Å². The molecule has 1 aliphatic carbocycles. The van der Waals surface area contributed by atoms with E-state index < -0.39 is 11.6 Å². The maximum atomic E-state index is 14.3. The predicted molar refractivity (Wildman–Crippen MR) is 102 cm³/mol. The molecule has 2 aromatic heterocycles. The van der Waals surface area contributed by atoms with Gasteiger partial charge in [0.2, 0.25) is 5.95 Å². The van der Waals surface area contributed by atoms with Crippen molar-refractivity contribution in [3.63, 3.8) is 0 Å². The van der Waals surface area contributed by atoms with Gasteiger partial charge in [-0.15, -0.1) is 0 Å². The molecule has 3 heterocycles. The third kappa shape index (κ3) is 2.86. The lowest BCUT2D eigenvalue weighted by Gasteiger charge is -2.17. The van der Waals surface area contributed by atoms with Crippen LogP contribution in [0.1, 0.15) is 34.5 Å². The van der Waals surface area contributed by atoms with Crippen LogP contribution in [0, 0.1) is 11.6 Å². The van der Waals surface area contributed by atoms with Crippen molar-refractivity contribution in [3.8, 4) is 11.4 Å². The molecule has 0 spiro atoms. The molecule has 146 valence electrons. The molecule has 1 aromatic carbocycles. The van der Waals surface area contributed by atoms with Crippen molar-refractivity contribution in [2.75, 3.05) is 5.73 Å². The highest BCUT2D eigenvalue weighted by molar-refractivity contribution is 6.14. The number of nitrogens with two attached hydrogens (primary N) is 1. The topological polar surface area (TPSA) is 89.9 Å². The monoisotopic (exact) mass is 394 g/mol. The molecule has 2 N–H and O–H groups in total. The fourth-order valence-corrected chi connectivity index (χ4v) is 3.54. The van der Waals surface area contributed by atoms with Crippen LogP contribution in [0.4, 0.5) is 14.7 Å². The molecule has 0 saturated heterocycles. The van der Waals surface area contributed by atoms with E-state index in [1.54, 1.807) is 28.9 Å². The molecular weight excluding hydrogens is 378 g/mol. The molecule has 0 radical (unpaired) electrons. The molecule has 7 nitrogen and oxygen atoms in total. The van der Waals surface area contributed by atoms with Gasteiger partial charge in [-0.1, -0.05) is 0 Å². The first-order valence-corrected chi connectivity index (χ1v) is 9.10. The van der Waals surface area contributed by atoms with E-state index in [2.05, 4.69) is 15.1 Å². The summed E-state index contributed by atoms with van der Waals surface area (Å²) in [5, 5.41) is 4.33. The second-order valence-electron chi connectivity index (χ2n) is 7.13. The zero-order chi connectivity index (χ0) is 20.3. The lowest BCUT2D eigenvalue weighted by atomic mass is 10.1. The number of anilines is 1. The van der Waals surface area contributed by atoms with E-state index in [4.69, 9.17) is 5.73 Å². The van der Waals surface area contributed by atoms with Crippen molar-refractivity contribution in [2.24, 2.45) is 7.05 Å². The molecule has 5 rings (SSSR count). The standard InChI is InChI=1S/C20H16F2N6O/c1-27-7-6-14(26-27)17-16-18(25-20(23)24-17)15(28(19(16)29)12-4-5-12)8-10-2-3-11(21)9-13(10)22/h2-3,6-9,12H,4-5H2,1H3,(H2,23,24,25)/b15-8+. The van der Waals surface area contributed by atoms with Crippen LogP contribution < -0.4 is 5.73 Å². The summed E-state index contributed by atoms with van der Waals surface area (Å²) in [6.07, 6.45) is 4.92. The first-order chi connectivity index (χ1) is 13.9. The molecule has 3 aromatic rings. The fraction of sp³-hybridized carbons (Fsp3) is 0.200. The summed E-state index contributed by atoms with van der Waals surface area (Å²) < 4.78 is 29.2. The third-order valence-corrected chi connectivity index (χ3v) is 4.98. The van der Waals surface area contributed by atoms with Crippen molar-refractivity contribution in [1.82, 2.24) is 24.6 Å².